The molecule has 2 aromatic rings. The summed E-state index contributed by atoms with van der Waals surface area (Å²) in [6.07, 6.45) is 5.79. The maximum atomic E-state index is 11.1. The van der Waals surface area contributed by atoms with Crippen LogP contribution in [0.5, 0.6) is 0 Å². The number of allylic oxidation sites excluding steroid dienone is 1. The second-order valence-electron chi connectivity index (χ2n) is 6.20. The van der Waals surface area contributed by atoms with Gasteiger partial charge in [0, 0.05) is 17.5 Å². The lowest BCUT2D eigenvalue weighted by atomic mass is 9.80. The molecule has 0 fully saturated rings. The van der Waals surface area contributed by atoms with E-state index in [-0.39, 0.29) is 17.0 Å². The lowest BCUT2D eigenvalue weighted by Crippen LogP contribution is -2.24. The molecule has 4 nitrogen and oxygen atoms in total. The minimum absolute atomic E-state index is 0.0735. The van der Waals surface area contributed by atoms with Crippen LogP contribution in [-0.2, 0) is 6.54 Å². The minimum Gasteiger partial charge on any atom is -0.272 e. The number of aromatic nitrogens is 3. The van der Waals surface area contributed by atoms with E-state index in [4.69, 9.17) is 11.6 Å². The van der Waals surface area contributed by atoms with Crippen LogP contribution in [0.2, 0.25) is 5.02 Å². The van der Waals surface area contributed by atoms with Crippen molar-refractivity contribution < 1.29 is 0 Å². The van der Waals surface area contributed by atoms with Crippen molar-refractivity contribution in [3.05, 3.63) is 57.7 Å². The number of hydrogen-bond donors (Lipinski definition) is 1. The lowest BCUT2D eigenvalue weighted by molar-refractivity contribution is 0.256. The number of benzene rings is 1. The Morgan fingerprint density at radius 3 is 2.52 bits per heavy atom. The van der Waals surface area contributed by atoms with Crippen LogP contribution in [0, 0.1) is 11.3 Å². The van der Waals surface area contributed by atoms with E-state index in [9.17, 15) is 4.79 Å². The Bertz CT molecular complexity index is 662. The van der Waals surface area contributed by atoms with Crippen molar-refractivity contribution in [2.45, 2.75) is 27.3 Å². The van der Waals surface area contributed by atoms with Crippen molar-refractivity contribution >= 4 is 17.7 Å². The van der Waals surface area contributed by atoms with E-state index in [0.29, 0.717) is 6.54 Å². The van der Waals surface area contributed by atoms with Gasteiger partial charge in [0.2, 0.25) is 0 Å². The van der Waals surface area contributed by atoms with Gasteiger partial charge in [-0.3, -0.25) is 4.68 Å². The molecule has 1 atom stereocenters. The van der Waals surface area contributed by atoms with E-state index >= 15 is 0 Å². The third-order valence-corrected chi connectivity index (χ3v) is 3.70. The van der Waals surface area contributed by atoms with Gasteiger partial charge in [-0.05, 0) is 23.1 Å². The molecule has 0 radical (unpaired) electrons. The van der Waals surface area contributed by atoms with Crippen LogP contribution in [0.25, 0.3) is 6.08 Å². The number of aromatic amines is 1. The molecule has 1 N–H and O–H groups in total. The first-order chi connectivity index (χ1) is 9.84. The van der Waals surface area contributed by atoms with E-state index in [1.165, 1.54) is 6.33 Å². The molecule has 1 unspecified atom stereocenters. The predicted octanol–water partition coefficient (Wildman–Crippen LogP) is 3.60. The molecule has 1 aromatic carbocycles. The molecule has 5 heteroatoms. The fourth-order valence-electron chi connectivity index (χ4n) is 2.03. The number of hydrogen-bond acceptors (Lipinski definition) is 2. The highest BCUT2D eigenvalue weighted by molar-refractivity contribution is 6.30. The molecule has 2 rings (SSSR count). The van der Waals surface area contributed by atoms with Gasteiger partial charge < -0.3 is 0 Å². The highest BCUT2D eigenvalue weighted by Gasteiger charge is 2.22. The standard InChI is InChI=1S/C16H20ClN3O/c1-16(2,3)13(10-20-11-18-15(21)19-20)7-4-12-5-8-14(17)9-6-12/h4-9,11,13H,10H2,1-3H3,(H,19,21)/b7-4+. The molecule has 1 aromatic heterocycles. The largest absolute Gasteiger partial charge is 0.361 e. The molecular weight excluding hydrogens is 286 g/mol. The van der Waals surface area contributed by atoms with Gasteiger partial charge in [-0.15, -0.1) is 0 Å². The summed E-state index contributed by atoms with van der Waals surface area (Å²) in [6.45, 7) is 7.22. The molecule has 21 heavy (non-hydrogen) atoms. The Morgan fingerprint density at radius 2 is 2.00 bits per heavy atom. The summed E-state index contributed by atoms with van der Waals surface area (Å²) in [5, 5.41) is 3.41. The van der Waals surface area contributed by atoms with Gasteiger partial charge in [-0.1, -0.05) is 56.7 Å². The second kappa shape index (κ2) is 6.31. The highest BCUT2D eigenvalue weighted by atomic mass is 35.5. The van der Waals surface area contributed by atoms with Gasteiger partial charge in [0.05, 0.1) is 0 Å². The Balaban J connectivity index is 2.16. The molecule has 0 saturated carbocycles. The minimum atomic E-state index is -0.315. The van der Waals surface area contributed by atoms with E-state index in [2.05, 4.69) is 43.0 Å². The molecule has 0 saturated heterocycles. The van der Waals surface area contributed by atoms with Crippen molar-refractivity contribution in [1.82, 2.24) is 14.8 Å². The van der Waals surface area contributed by atoms with Gasteiger partial charge in [0.1, 0.15) is 6.33 Å². The van der Waals surface area contributed by atoms with Crippen molar-refractivity contribution in [3.63, 3.8) is 0 Å². The molecule has 0 amide bonds. The third kappa shape index (κ3) is 4.60. The quantitative estimate of drug-likeness (QED) is 0.938. The predicted molar refractivity (Wildman–Crippen MR) is 86.3 cm³/mol. The topological polar surface area (TPSA) is 50.7 Å². The first-order valence-electron chi connectivity index (χ1n) is 6.90. The Hall–Kier alpha value is -1.81. The number of halogens is 1. The van der Waals surface area contributed by atoms with Gasteiger partial charge in [0.15, 0.2) is 0 Å². The maximum Gasteiger partial charge on any atom is 0.361 e. The highest BCUT2D eigenvalue weighted by Crippen LogP contribution is 2.29. The summed E-state index contributed by atoms with van der Waals surface area (Å²) in [5.41, 5.74) is 0.862. The molecular formula is C16H20ClN3O. The van der Waals surface area contributed by atoms with Crippen molar-refractivity contribution in [2.24, 2.45) is 11.3 Å². The van der Waals surface area contributed by atoms with Crippen LogP contribution in [0.3, 0.4) is 0 Å². The molecule has 0 aliphatic rings. The van der Waals surface area contributed by atoms with Crippen molar-refractivity contribution in [3.8, 4) is 0 Å². The van der Waals surface area contributed by atoms with Crippen molar-refractivity contribution in [2.75, 3.05) is 0 Å². The maximum absolute atomic E-state index is 11.1. The number of H-pyrrole nitrogens is 1. The van der Waals surface area contributed by atoms with Crippen LogP contribution in [0.15, 0.2) is 41.5 Å². The van der Waals surface area contributed by atoms with E-state index in [1.807, 2.05) is 24.3 Å². The fraction of sp³-hybridized carbons (Fsp3) is 0.375. The SMILES string of the molecule is CC(C)(C)C(/C=C/c1ccc(Cl)cc1)Cn1cnc(=O)[nH]1. The fourth-order valence-corrected chi connectivity index (χ4v) is 2.16. The van der Waals surface area contributed by atoms with Crippen LogP contribution < -0.4 is 5.69 Å². The lowest BCUT2D eigenvalue weighted by Gasteiger charge is -2.28. The summed E-state index contributed by atoms with van der Waals surface area (Å²) >= 11 is 5.89. The summed E-state index contributed by atoms with van der Waals surface area (Å²) < 4.78 is 1.73. The van der Waals surface area contributed by atoms with Gasteiger partial charge in [-0.2, -0.15) is 4.98 Å². The summed E-state index contributed by atoms with van der Waals surface area (Å²) in [4.78, 5) is 14.8. The Morgan fingerprint density at radius 1 is 1.33 bits per heavy atom. The Labute approximate surface area is 129 Å². The van der Waals surface area contributed by atoms with E-state index in [1.54, 1.807) is 4.68 Å². The van der Waals surface area contributed by atoms with Crippen LogP contribution in [-0.4, -0.2) is 14.8 Å². The second-order valence-corrected chi connectivity index (χ2v) is 6.63. The summed E-state index contributed by atoms with van der Waals surface area (Å²) in [6, 6.07) is 7.72. The number of rotatable bonds is 4. The number of nitrogens with zero attached hydrogens (tertiary/aromatic N) is 2. The van der Waals surface area contributed by atoms with Crippen LogP contribution in [0.4, 0.5) is 0 Å². The summed E-state index contributed by atoms with van der Waals surface area (Å²) in [5.74, 6) is 0.262. The van der Waals surface area contributed by atoms with E-state index < -0.39 is 0 Å². The zero-order chi connectivity index (χ0) is 15.5. The third-order valence-electron chi connectivity index (χ3n) is 3.45. The van der Waals surface area contributed by atoms with Gasteiger partial charge >= 0.3 is 5.69 Å². The molecule has 0 aliphatic heterocycles. The molecule has 0 bridgehead atoms. The van der Waals surface area contributed by atoms with Crippen LogP contribution >= 0.6 is 11.6 Å². The first kappa shape index (κ1) is 15.6. The first-order valence-corrected chi connectivity index (χ1v) is 7.27. The average molecular weight is 306 g/mol. The zero-order valence-corrected chi connectivity index (χ0v) is 13.3. The Kier molecular flexibility index (Phi) is 4.68. The molecule has 0 spiro atoms. The normalized spacial score (nSPS) is 13.7. The van der Waals surface area contributed by atoms with Crippen molar-refractivity contribution in [1.29, 1.82) is 0 Å². The molecule has 112 valence electrons. The zero-order valence-electron chi connectivity index (χ0n) is 12.5. The van der Waals surface area contributed by atoms with E-state index in [0.717, 1.165) is 10.6 Å². The monoisotopic (exact) mass is 305 g/mol. The van der Waals surface area contributed by atoms with Gasteiger partial charge in [0.25, 0.3) is 0 Å². The molecule has 1 heterocycles. The smallest absolute Gasteiger partial charge is 0.272 e. The van der Waals surface area contributed by atoms with Crippen LogP contribution in [0.1, 0.15) is 26.3 Å². The summed E-state index contributed by atoms with van der Waals surface area (Å²) in [7, 11) is 0. The average Bonchev–Trinajstić information content (AvgIpc) is 2.81. The number of nitrogens with one attached hydrogen (secondary N) is 1. The molecule has 0 aliphatic carbocycles. The van der Waals surface area contributed by atoms with Gasteiger partial charge in [-0.25, -0.2) is 9.89 Å².